The molecule has 0 saturated carbocycles. The predicted octanol–water partition coefficient (Wildman–Crippen LogP) is 11.3. The van der Waals surface area contributed by atoms with E-state index in [0.29, 0.717) is 34.7 Å². The van der Waals surface area contributed by atoms with Crippen LogP contribution in [-0.4, -0.2) is 25.9 Å². The van der Waals surface area contributed by atoms with Crippen LogP contribution < -0.4 is 9.80 Å². The van der Waals surface area contributed by atoms with Gasteiger partial charge in [-0.2, -0.15) is 0 Å². The van der Waals surface area contributed by atoms with Gasteiger partial charge in [-0.05, 0) is 93.2 Å². The van der Waals surface area contributed by atoms with Gasteiger partial charge in [0.2, 0.25) is 9.84 Å². The summed E-state index contributed by atoms with van der Waals surface area (Å²) in [7, 11) is -3.71. The molecule has 0 spiro atoms. The third-order valence-corrected chi connectivity index (χ3v) is 13.5. The minimum Gasteiger partial charge on any atom is -0.352 e. The van der Waals surface area contributed by atoms with Gasteiger partial charge in [0, 0.05) is 21.9 Å². The molecule has 7 heteroatoms. The Kier molecular flexibility index (Phi) is 11.1. The number of benzene rings is 3. The predicted molar refractivity (Wildman–Crippen MR) is 206 cm³/mol. The molecule has 1 aliphatic carbocycles. The SMILES string of the molecule is CCCC(C)N1/C(=C\C=C/C2=C(S(=O)(=O)c3ccccc3)C(=C/C=C\C3Sc4ccccc4N3C(C)CCC)/CC2)Sc2ccccc21. The third kappa shape index (κ3) is 7.15. The van der Waals surface area contributed by atoms with Crippen molar-refractivity contribution in [1.82, 2.24) is 0 Å². The van der Waals surface area contributed by atoms with Crippen molar-refractivity contribution in [2.45, 2.75) is 98.4 Å². The van der Waals surface area contributed by atoms with Crippen LogP contribution in [0.15, 0.2) is 151 Å². The monoisotopic (exact) mass is 694 g/mol. The maximum absolute atomic E-state index is 14.2. The molecule has 0 bridgehead atoms. The van der Waals surface area contributed by atoms with Crippen LogP contribution in [0.1, 0.15) is 66.2 Å². The first kappa shape index (κ1) is 34.5. The molecule has 4 nitrogen and oxygen atoms in total. The number of hydrogen-bond acceptors (Lipinski definition) is 6. The molecule has 0 fully saturated rings. The second-order valence-electron chi connectivity index (χ2n) is 12.7. The minimum absolute atomic E-state index is 0.164. The smallest absolute Gasteiger partial charge is 0.207 e. The van der Waals surface area contributed by atoms with Crippen LogP contribution in [0, 0.1) is 0 Å². The van der Waals surface area contributed by atoms with E-state index in [-0.39, 0.29) is 5.37 Å². The van der Waals surface area contributed by atoms with Crippen LogP contribution in [0.5, 0.6) is 0 Å². The summed E-state index contributed by atoms with van der Waals surface area (Å²) in [5.74, 6) is 0. The molecule has 2 heterocycles. The van der Waals surface area contributed by atoms with Gasteiger partial charge < -0.3 is 9.80 Å². The lowest BCUT2D eigenvalue weighted by molar-refractivity contribution is 0.592. The average molecular weight is 695 g/mol. The maximum atomic E-state index is 14.2. The molecule has 0 saturated heterocycles. The van der Waals surface area contributed by atoms with Crippen molar-refractivity contribution in [3.63, 3.8) is 0 Å². The van der Waals surface area contributed by atoms with Crippen molar-refractivity contribution in [3.05, 3.63) is 136 Å². The minimum atomic E-state index is -3.71. The summed E-state index contributed by atoms with van der Waals surface area (Å²) >= 11 is 3.65. The number of fused-ring (bicyclic) bond motifs is 2. The highest BCUT2D eigenvalue weighted by atomic mass is 32.2. The Bertz CT molecular complexity index is 1870. The highest BCUT2D eigenvalue weighted by Gasteiger charge is 2.33. The highest BCUT2D eigenvalue weighted by molar-refractivity contribution is 8.03. The lowest BCUT2D eigenvalue weighted by Gasteiger charge is -2.31. The second kappa shape index (κ2) is 15.4. The van der Waals surface area contributed by atoms with Crippen LogP contribution in [0.3, 0.4) is 0 Å². The molecule has 6 rings (SSSR count). The molecule has 250 valence electrons. The number of hydrogen-bond donors (Lipinski definition) is 0. The molecule has 3 aliphatic rings. The summed E-state index contributed by atoms with van der Waals surface area (Å²) < 4.78 is 28.4. The van der Waals surface area contributed by atoms with Crippen molar-refractivity contribution in [2.75, 3.05) is 9.80 Å². The van der Waals surface area contributed by atoms with Crippen molar-refractivity contribution < 1.29 is 8.42 Å². The van der Waals surface area contributed by atoms with E-state index in [4.69, 9.17) is 0 Å². The molecule has 0 radical (unpaired) electrons. The highest BCUT2D eigenvalue weighted by Crippen LogP contribution is 2.48. The van der Waals surface area contributed by atoms with Gasteiger partial charge in [-0.1, -0.05) is 123 Å². The van der Waals surface area contributed by atoms with Crippen molar-refractivity contribution in [1.29, 1.82) is 0 Å². The summed E-state index contributed by atoms with van der Waals surface area (Å²) in [6.07, 6.45) is 18.4. The summed E-state index contributed by atoms with van der Waals surface area (Å²) in [6.45, 7) is 9.05. The fraction of sp³-hybridized carbons (Fsp3) is 0.317. The summed E-state index contributed by atoms with van der Waals surface area (Å²) in [5, 5.41) is 1.34. The van der Waals surface area contributed by atoms with E-state index in [1.54, 1.807) is 36.0 Å². The molecule has 3 aromatic rings. The first-order valence-corrected chi connectivity index (χ1v) is 20.4. The number of thioether (sulfide) groups is 2. The largest absolute Gasteiger partial charge is 0.352 e. The Morgan fingerprint density at radius 2 is 1.46 bits per heavy atom. The zero-order chi connectivity index (χ0) is 33.7. The average Bonchev–Trinajstić information content (AvgIpc) is 3.78. The molecule has 3 aromatic carbocycles. The molecule has 0 aromatic heterocycles. The number of anilines is 2. The van der Waals surface area contributed by atoms with Gasteiger partial charge in [-0.25, -0.2) is 8.42 Å². The van der Waals surface area contributed by atoms with Crippen molar-refractivity contribution in [2.24, 2.45) is 0 Å². The Hall–Kier alpha value is -3.39. The topological polar surface area (TPSA) is 40.6 Å². The van der Waals surface area contributed by atoms with Gasteiger partial charge in [0.15, 0.2) is 0 Å². The molecule has 2 aliphatic heterocycles. The molecule has 3 unspecified atom stereocenters. The van der Waals surface area contributed by atoms with E-state index in [0.717, 1.165) is 36.8 Å². The fourth-order valence-electron chi connectivity index (χ4n) is 7.01. The van der Waals surface area contributed by atoms with Crippen LogP contribution in [0.4, 0.5) is 11.4 Å². The molecule has 0 amide bonds. The Balaban J connectivity index is 1.32. The van der Waals surface area contributed by atoms with E-state index in [1.165, 1.54) is 26.2 Å². The number of rotatable bonds is 12. The van der Waals surface area contributed by atoms with Crippen molar-refractivity contribution in [3.8, 4) is 0 Å². The number of sulfone groups is 1. The number of nitrogens with zero attached hydrogens (tertiary/aromatic N) is 2. The summed E-state index contributed by atoms with van der Waals surface area (Å²) in [4.78, 5) is 8.28. The Labute approximate surface area is 296 Å². The van der Waals surface area contributed by atoms with E-state index in [2.05, 4.69) is 104 Å². The van der Waals surface area contributed by atoms with Crippen LogP contribution in [0.25, 0.3) is 0 Å². The van der Waals surface area contributed by atoms with E-state index in [9.17, 15) is 8.42 Å². The fourth-order valence-corrected chi connectivity index (χ4v) is 11.3. The lowest BCUT2D eigenvalue weighted by Crippen LogP contribution is -2.36. The molecular weight excluding hydrogens is 649 g/mol. The van der Waals surface area contributed by atoms with Gasteiger partial charge in [0.25, 0.3) is 0 Å². The molecule has 48 heavy (non-hydrogen) atoms. The number of para-hydroxylation sites is 2. The third-order valence-electron chi connectivity index (χ3n) is 9.25. The maximum Gasteiger partial charge on any atom is 0.207 e. The first-order valence-electron chi connectivity index (χ1n) is 17.2. The van der Waals surface area contributed by atoms with Crippen LogP contribution >= 0.6 is 23.5 Å². The normalized spacial score (nSPS) is 20.9. The Morgan fingerprint density at radius 3 is 2.21 bits per heavy atom. The second-order valence-corrected chi connectivity index (χ2v) is 16.8. The zero-order valence-corrected chi connectivity index (χ0v) is 30.8. The standard InChI is InChI=1S/C41H46N2O2S3/c1-5-16-30(3)42-35-22-10-12-24-37(35)46-39(42)26-14-18-32-28-29-33(41(32)48(44,45)34-20-8-7-9-21-34)19-15-27-40-43(31(4)17-6-2)36-23-11-13-25-38(36)47-40/h7-15,18-27,30-31,39H,5-6,16-17,28-29H2,1-4H3/b19-15-,26-14-,32-18+,40-27+. The van der Waals surface area contributed by atoms with E-state index >= 15 is 0 Å². The van der Waals surface area contributed by atoms with Crippen LogP contribution in [-0.2, 0) is 9.84 Å². The van der Waals surface area contributed by atoms with Crippen molar-refractivity contribution >= 4 is 44.7 Å². The molecule has 0 N–H and O–H groups in total. The Morgan fingerprint density at radius 1 is 0.792 bits per heavy atom. The number of allylic oxidation sites excluding steroid dienone is 7. The first-order chi connectivity index (χ1) is 23.3. The van der Waals surface area contributed by atoms with Crippen LogP contribution in [0.2, 0.25) is 0 Å². The summed E-state index contributed by atoms with van der Waals surface area (Å²) in [5.41, 5.74) is 4.27. The molecular formula is C41H46N2O2S3. The quantitative estimate of drug-likeness (QED) is 0.188. The van der Waals surface area contributed by atoms with E-state index in [1.807, 2.05) is 36.1 Å². The molecule has 3 atom stereocenters. The van der Waals surface area contributed by atoms with Gasteiger partial charge in [-0.3, -0.25) is 0 Å². The van der Waals surface area contributed by atoms with Gasteiger partial charge >= 0.3 is 0 Å². The lowest BCUT2D eigenvalue weighted by atomic mass is 10.1. The summed E-state index contributed by atoms with van der Waals surface area (Å²) in [6, 6.07) is 26.8. The van der Waals surface area contributed by atoms with E-state index < -0.39 is 9.84 Å². The van der Waals surface area contributed by atoms with Gasteiger partial charge in [-0.15, -0.1) is 0 Å². The van der Waals surface area contributed by atoms with Gasteiger partial charge in [0.05, 0.1) is 31.6 Å². The zero-order valence-electron chi connectivity index (χ0n) is 28.4. The van der Waals surface area contributed by atoms with Gasteiger partial charge in [0.1, 0.15) is 0 Å².